The van der Waals surface area contributed by atoms with Gasteiger partial charge in [0.1, 0.15) is 0 Å². The fraction of sp³-hybridized carbons (Fsp3) is 0.929. The number of carboxylic acid groups (broad SMARTS) is 1. The van der Waals surface area contributed by atoms with Crippen molar-refractivity contribution in [2.45, 2.75) is 70.8 Å². The number of hydrogen-bond acceptors (Lipinski definition) is 2. The second-order valence-corrected chi connectivity index (χ2v) is 5.39. The van der Waals surface area contributed by atoms with E-state index in [1.165, 1.54) is 19.3 Å². The van der Waals surface area contributed by atoms with Crippen molar-refractivity contribution in [3.05, 3.63) is 0 Å². The van der Waals surface area contributed by atoms with E-state index in [0.29, 0.717) is 18.8 Å². The zero-order valence-corrected chi connectivity index (χ0v) is 10.9. The van der Waals surface area contributed by atoms with Crippen LogP contribution in [0.4, 0.5) is 0 Å². The number of rotatable bonds is 7. The summed E-state index contributed by atoms with van der Waals surface area (Å²) in [6, 6.07) is 0. The lowest BCUT2D eigenvalue weighted by molar-refractivity contribution is -0.146. The molecule has 1 aliphatic carbocycles. The predicted molar refractivity (Wildman–Crippen MR) is 67.8 cm³/mol. The summed E-state index contributed by atoms with van der Waals surface area (Å²) in [6.07, 6.45) is 8.62. The minimum Gasteiger partial charge on any atom is -0.481 e. The highest BCUT2D eigenvalue weighted by Crippen LogP contribution is 2.30. The molecule has 0 aliphatic heterocycles. The van der Waals surface area contributed by atoms with Crippen molar-refractivity contribution in [3.63, 3.8) is 0 Å². The summed E-state index contributed by atoms with van der Waals surface area (Å²) >= 11 is 0. The molecule has 2 N–H and O–H groups in total. The molecule has 17 heavy (non-hydrogen) atoms. The topological polar surface area (TPSA) is 57.5 Å². The van der Waals surface area contributed by atoms with Crippen LogP contribution < -0.4 is 0 Å². The average molecular weight is 242 g/mol. The molecule has 0 heterocycles. The van der Waals surface area contributed by atoms with Gasteiger partial charge in [0.2, 0.25) is 0 Å². The standard InChI is InChI=1S/C14H26O3/c1-2-3-9-12(14(16)17)13(15)10-11-7-5-4-6-8-11/h11-13,15H,2-10H2,1H3,(H,16,17). The zero-order valence-electron chi connectivity index (χ0n) is 10.9. The van der Waals surface area contributed by atoms with E-state index >= 15 is 0 Å². The molecule has 1 rings (SSSR count). The first-order valence-corrected chi connectivity index (χ1v) is 7.06. The smallest absolute Gasteiger partial charge is 0.309 e. The van der Waals surface area contributed by atoms with Crippen molar-refractivity contribution in [2.75, 3.05) is 0 Å². The quantitative estimate of drug-likeness (QED) is 0.720. The third kappa shape index (κ3) is 5.07. The van der Waals surface area contributed by atoms with Crippen molar-refractivity contribution >= 4 is 5.97 Å². The van der Waals surface area contributed by atoms with Crippen LogP contribution in [0.3, 0.4) is 0 Å². The van der Waals surface area contributed by atoms with Crippen LogP contribution in [-0.2, 0) is 4.79 Å². The highest BCUT2D eigenvalue weighted by atomic mass is 16.4. The highest BCUT2D eigenvalue weighted by molar-refractivity contribution is 5.70. The number of carbonyl (C=O) groups is 1. The van der Waals surface area contributed by atoms with Gasteiger partial charge in [-0.2, -0.15) is 0 Å². The Bertz CT molecular complexity index is 222. The number of aliphatic hydroxyl groups excluding tert-OH is 1. The van der Waals surface area contributed by atoms with Gasteiger partial charge in [0.15, 0.2) is 0 Å². The van der Waals surface area contributed by atoms with Crippen LogP contribution >= 0.6 is 0 Å². The Labute approximate surface area is 104 Å². The zero-order chi connectivity index (χ0) is 12.7. The third-order valence-corrected chi connectivity index (χ3v) is 3.95. The molecule has 0 bridgehead atoms. The summed E-state index contributed by atoms with van der Waals surface area (Å²) in [7, 11) is 0. The molecule has 1 aliphatic rings. The van der Waals surface area contributed by atoms with Crippen molar-refractivity contribution in [2.24, 2.45) is 11.8 Å². The normalized spacial score (nSPS) is 21.1. The number of hydrogen-bond donors (Lipinski definition) is 2. The maximum absolute atomic E-state index is 11.1. The Balaban J connectivity index is 2.40. The Morgan fingerprint density at radius 3 is 2.47 bits per heavy atom. The summed E-state index contributed by atoms with van der Waals surface area (Å²) < 4.78 is 0. The molecule has 2 unspecified atom stereocenters. The van der Waals surface area contributed by atoms with Gasteiger partial charge in [0.25, 0.3) is 0 Å². The van der Waals surface area contributed by atoms with Crippen LogP contribution in [0.1, 0.15) is 64.7 Å². The van der Waals surface area contributed by atoms with Crippen LogP contribution in [0.15, 0.2) is 0 Å². The largest absolute Gasteiger partial charge is 0.481 e. The van der Waals surface area contributed by atoms with Crippen LogP contribution in [0, 0.1) is 11.8 Å². The molecular weight excluding hydrogens is 216 g/mol. The van der Waals surface area contributed by atoms with Crippen LogP contribution in [-0.4, -0.2) is 22.3 Å². The summed E-state index contributed by atoms with van der Waals surface area (Å²) in [5, 5.41) is 19.2. The second kappa shape index (κ2) is 7.70. The minimum atomic E-state index is -0.832. The molecule has 0 spiro atoms. The predicted octanol–water partition coefficient (Wildman–Crippen LogP) is 3.21. The highest BCUT2D eigenvalue weighted by Gasteiger charge is 2.28. The maximum atomic E-state index is 11.1. The summed E-state index contributed by atoms with van der Waals surface area (Å²) in [4.78, 5) is 11.1. The van der Waals surface area contributed by atoms with Gasteiger partial charge in [0, 0.05) is 0 Å². The monoisotopic (exact) mass is 242 g/mol. The molecule has 0 amide bonds. The first-order chi connectivity index (χ1) is 8.15. The molecule has 0 radical (unpaired) electrons. The Morgan fingerprint density at radius 1 is 1.29 bits per heavy atom. The van der Waals surface area contributed by atoms with Crippen LogP contribution in [0.25, 0.3) is 0 Å². The van der Waals surface area contributed by atoms with E-state index in [9.17, 15) is 9.90 Å². The van der Waals surface area contributed by atoms with E-state index in [0.717, 1.165) is 25.7 Å². The lowest BCUT2D eigenvalue weighted by atomic mass is 9.82. The molecular formula is C14H26O3. The van der Waals surface area contributed by atoms with Gasteiger partial charge >= 0.3 is 5.97 Å². The van der Waals surface area contributed by atoms with Gasteiger partial charge in [-0.3, -0.25) is 4.79 Å². The van der Waals surface area contributed by atoms with Gasteiger partial charge in [0.05, 0.1) is 12.0 Å². The summed E-state index contributed by atoms with van der Waals surface area (Å²) in [5.74, 6) is -0.846. The molecule has 0 saturated heterocycles. The van der Waals surface area contributed by atoms with E-state index in [1.807, 2.05) is 6.92 Å². The first kappa shape index (κ1) is 14.5. The first-order valence-electron chi connectivity index (χ1n) is 7.06. The molecule has 1 saturated carbocycles. The third-order valence-electron chi connectivity index (χ3n) is 3.95. The van der Waals surface area contributed by atoms with Crippen molar-refractivity contribution < 1.29 is 15.0 Å². The fourth-order valence-electron chi connectivity index (χ4n) is 2.83. The molecule has 0 aromatic rings. The average Bonchev–Trinajstić information content (AvgIpc) is 2.30. The molecule has 3 nitrogen and oxygen atoms in total. The van der Waals surface area contributed by atoms with Gasteiger partial charge in [-0.05, 0) is 18.8 Å². The lowest BCUT2D eigenvalue weighted by Crippen LogP contribution is -2.30. The van der Waals surface area contributed by atoms with E-state index < -0.39 is 18.0 Å². The molecule has 0 aromatic heterocycles. The number of aliphatic hydroxyl groups is 1. The maximum Gasteiger partial charge on any atom is 0.309 e. The van der Waals surface area contributed by atoms with Gasteiger partial charge in [-0.15, -0.1) is 0 Å². The molecule has 0 aromatic carbocycles. The van der Waals surface area contributed by atoms with Crippen molar-refractivity contribution in [1.29, 1.82) is 0 Å². The number of unbranched alkanes of at least 4 members (excludes halogenated alkanes) is 1. The molecule has 3 heteroatoms. The van der Waals surface area contributed by atoms with Gasteiger partial charge in [-0.1, -0.05) is 51.9 Å². The van der Waals surface area contributed by atoms with Crippen LogP contribution in [0.2, 0.25) is 0 Å². The van der Waals surface area contributed by atoms with Crippen molar-refractivity contribution in [1.82, 2.24) is 0 Å². The van der Waals surface area contributed by atoms with Crippen molar-refractivity contribution in [3.8, 4) is 0 Å². The van der Waals surface area contributed by atoms with E-state index in [-0.39, 0.29) is 0 Å². The number of aliphatic carboxylic acids is 1. The van der Waals surface area contributed by atoms with Gasteiger partial charge in [-0.25, -0.2) is 0 Å². The lowest BCUT2D eigenvalue weighted by Gasteiger charge is -2.26. The van der Waals surface area contributed by atoms with E-state index in [4.69, 9.17) is 5.11 Å². The SMILES string of the molecule is CCCCC(C(=O)O)C(O)CC1CCCCC1. The molecule has 1 fully saturated rings. The number of carboxylic acids is 1. The van der Waals surface area contributed by atoms with Crippen LogP contribution in [0.5, 0.6) is 0 Å². The second-order valence-electron chi connectivity index (χ2n) is 5.39. The van der Waals surface area contributed by atoms with Gasteiger partial charge < -0.3 is 10.2 Å². The Hall–Kier alpha value is -0.570. The molecule has 100 valence electrons. The van der Waals surface area contributed by atoms with E-state index in [1.54, 1.807) is 0 Å². The molecule has 2 atom stereocenters. The Morgan fingerprint density at radius 2 is 1.94 bits per heavy atom. The minimum absolute atomic E-state index is 0.544. The Kier molecular flexibility index (Phi) is 6.56. The fourth-order valence-corrected chi connectivity index (χ4v) is 2.83. The summed E-state index contributed by atoms with van der Waals surface area (Å²) in [5.41, 5.74) is 0. The summed E-state index contributed by atoms with van der Waals surface area (Å²) in [6.45, 7) is 2.05. The van der Waals surface area contributed by atoms with E-state index in [2.05, 4.69) is 0 Å².